The molecule has 0 saturated heterocycles. The maximum atomic E-state index is 13.9. The van der Waals surface area contributed by atoms with Crippen LogP contribution in [0.5, 0.6) is 0 Å². The second-order valence-corrected chi connectivity index (χ2v) is 9.33. The number of aryl methyl sites for hydroxylation is 1. The van der Waals surface area contributed by atoms with Crippen molar-refractivity contribution in [2.45, 2.75) is 64.5 Å². The van der Waals surface area contributed by atoms with Crippen molar-refractivity contribution < 1.29 is 14.4 Å². The molecule has 1 fully saturated rings. The average molecular weight is 484 g/mol. The van der Waals surface area contributed by atoms with Gasteiger partial charge in [-0.1, -0.05) is 56.5 Å². The van der Waals surface area contributed by atoms with Gasteiger partial charge in [0.2, 0.25) is 5.91 Å². The van der Waals surface area contributed by atoms with E-state index in [1.54, 1.807) is 48.7 Å². The number of benzene rings is 2. The van der Waals surface area contributed by atoms with Gasteiger partial charge >= 0.3 is 0 Å². The number of Topliss-reactive ketones (excluding diaryl/α,β-unsaturated/α-hetero) is 1. The van der Waals surface area contributed by atoms with Crippen LogP contribution < -0.4 is 10.2 Å². The van der Waals surface area contributed by atoms with Gasteiger partial charge in [-0.3, -0.25) is 24.3 Å². The number of anilines is 1. The predicted molar refractivity (Wildman–Crippen MR) is 141 cm³/mol. The molecule has 186 valence electrons. The van der Waals surface area contributed by atoms with Crippen molar-refractivity contribution in [3.63, 3.8) is 0 Å². The molecule has 1 N–H and O–H groups in total. The molecule has 0 spiro atoms. The van der Waals surface area contributed by atoms with E-state index in [4.69, 9.17) is 0 Å². The topological polar surface area (TPSA) is 79.4 Å². The van der Waals surface area contributed by atoms with Crippen LogP contribution in [-0.2, 0) is 11.2 Å². The fourth-order valence-corrected chi connectivity index (χ4v) is 4.73. The number of nitrogens with one attached hydrogen (secondary N) is 1. The van der Waals surface area contributed by atoms with Crippen LogP contribution in [0.25, 0.3) is 0 Å². The van der Waals surface area contributed by atoms with Gasteiger partial charge in [-0.25, -0.2) is 0 Å². The largest absolute Gasteiger partial charge is 0.351 e. The molecular weight excluding hydrogens is 450 g/mol. The number of hydrogen-bond donors (Lipinski definition) is 1. The van der Waals surface area contributed by atoms with Crippen LogP contribution in [0.3, 0.4) is 0 Å². The summed E-state index contributed by atoms with van der Waals surface area (Å²) in [6, 6.07) is 19.0. The van der Waals surface area contributed by atoms with Gasteiger partial charge in [0.1, 0.15) is 11.7 Å². The number of ketones is 1. The van der Waals surface area contributed by atoms with Crippen LogP contribution >= 0.6 is 0 Å². The summed E-state index contributed by atoms with van der Waals surface area (Å²) in [6.45, 7) is 3.58. The lowest BCUT2D eigenvalue weighted by molar-refractivity contribution is -0.123. The molecule has 4 rings (SSSR count). The minimum atomic E-state index is -0.893. The van der Waals surface area contributed by atoms with Gasteiger partial charge in [0.05, 0.1) is 0 Å². The lowest BCUT2D eigenvalue weighted by atomic mass is 9.94. The smallest absolute Gasteiger partial charge is 0.277 e. The Kier molecular flexibility index (Phi) is 8.26. The Bertz CT molecular complexity index is 1180. The van der Waals surface area contributed by atoms with E-state index in [0.29, 0.717) is 11.3 Å². The van der Waals surface area contributed by atoms with Gasteiger partial charge < -0.3 is 5.32 Å². The summed E-state index contributed by atoms with van der Waals surface area (Å²) in [5.74, 6) is -0.661. The van der Waals surface area contributed by atoms with Gasteiger partial charge in [-0.05, 0) is 73.7 Å². The molecule has 1 aliphatic rings. The first-order valence-corrected chi connectivity index (χ1v) is 12.7. The van der Waals surface area contributed by atoms with E-state index in [0.717, 1.165) is 43.2 Å². The van der Waals surface area contributed by atoms with Gasteiger partial charge in [-0.15, -0.1) is 0 Å². The number of nitrogens with zero attached hydrogens (tertiary/aromatic N) is 2. The second-order valence-electron chi connectivity index (χ2n) is 9.33. The quantitative estimate of drug-likeness (QED) is 0.418. The SMILES string of the molecule is CCc1ccc([C@H](C(=O)NC2CCCCC2)N(C(=O)c2ccccn2)c2ccc(C(C)=O)cc2)cc1. The van der Waals surface area contributed by atoms with Crippen LogP contribution in [0, 0.1) is 0 Å². The molecule has 2 aromatic carbocycles. The van der Waals surface area contributed by atoms with Crippen LogP contribution in [0.15, 0.2) is 72.9 Å². The highest BCUT2D eigenvalue weighted by Gasteiger charge is 2.35. The van der Waals surface area contributed by atoms with Crippen molar-refractivity contribution in [1.82, 2.24) is 10.3 Å². The molecule has 0 radical (unpaired) electrons. The number of rotatable bonds is 8. The molecule has 0 unspecified atom stereocenters. The van der Waals surface area contributed by atoms with Crippen LogP contribution in [0.4, 0.5) is 5.69 Å². The summed E-state index contributed by atoms with van der Waals surface area (Å²) in [4.78, 5) is 45.5. The number of aromatic nitrogens is 1. The zero-order valence-corrected chi connectivity index (χ0v) is 20.9. The molecule has 0 bridgehead atoms. The zero-order chi connectivity index (χ0) is 25.5. The van der Waals surface area contributed by atoms with E-state index in [1.807, 2.05) is 24.3 Å². The van der Waals surface area contributed by atoms with Crippen molar-refractivity contribution in [3.05, 3.63) is 95.3 Å². The summed E-state index contributed by atoms with van der Waals surface area (Å²) in [5.41, 5.74) is 3.19. The van der Waals surface area contributed by atoms with Crippen molar-refractivity contribution in [1.29, 1.82) is 0 Å². The molecule has 0 aliphatic heterocycles. The molecule has 2 amide bonds. The lowest BCUT2D eigenvalue weighted by Crippen LogP contribution is -2.47. The van der Waals surface area contributed by atoms with Gasteiger partial charge in [-0.2, -0.15) is 0 Å². The van der Waals surface area contributed by atoms with E-state index < -0.39 is 6.04 Å². The molecular formula is C30H33N3O3. The van der Waals surface area contributed by atoms with Crippen LogP contribution in [-0.4, -0.2) is 28.6 Å². The fraction of sp³-hybridized carbons (Fsp3) is 0.333. The minimum Gasteiger partial charge on any atom is -0.351 e. The highest BCUT2D eigenvalue weighted by molar-refractivity contribution is 6.09. The third-order valence-electron chi connectivity index (χ3n) is 6.82. The number of carbonyl (C=O) groups excluding carboxylic acids is 3. The van der Waals surface area contributed by atoms with Gasteiger partial charge in [0, 0.05) is 23.5 Å². The molecule has 1 aliphatic carbocycles. The molecule has 6 nitrogen and oxygen atoms in total. The molecule has 3 aromatic rings. The molecule has 1 saturated carbocycles. The third-order valence-corrected chi connectivity index (χ3v) is 6.82. The summed E-state index contributed by atoms with van der Waals surface area (Å²) in [7, 11) is 0. The van der Waals surface area contributed by atoms with Crippen LogP contribution in [0.2, 0.25) is 0 Å². The molecule has 1 aromatic heterocycles. The van der Waals surface area contributed by atoms with Crippen molar-refractivity contribution in [3.8, 4) is 0 Å². The van der Waals surface area contributed by atoms with E-state index in [2.05, 4.69) is 17.2 Å². The standard InChI is InChI=1S/C30H33N3O3/c1-3-22-12-14-24(15-13-22)28(29(35)32-25-9-5-4-6-10-25)33(30(36)27-11-7-8-20-31-27)26-18-16-23(17-19-26)21(2)34/h7-8,11-20,25,28H,3-6,9-10H2,1-2H3,(H,32,35)/t28-/m1/s1. The monoisotopic (exact) mass is 483 g/mol. The van der Waals surface area contributed by atoms with E-state index in [-0.39, 0.29) is 29.3 Å². The average Bonchev–Trinajstić information content (AvgIpc) is 2.92. The zero-order valence-electron chi connectivity index (χ0n) is 20.9. The second kappa shape index (κ2) is 11.8. The molecule has 1 heterocycles. The number of carbonyl (C=O) groups is 3. The number of pyridine rings is 1. The maximum Gasteiger partial charge on any atom is 0.277 e. The van der Waals surface area contributed by atoms with Gasteiger partial charge in [0.15, 0.2) is 5.78 Å². The summed E-state index contributed by atoms with van der Waals surface area (Å²) in [6.07, 6.45) is 7.68. The highest BCUT2D eigenvalue weighted by atomic mass is 16.2. The Hall–Kier alpha value is -3.80. The highest BCUT2D eigenvalue weighted by Crippen LogP contribution is 2.31. The first-order chi connectivity index (χ1) is 17.5. The Balaban J connectivity index is 1.80. The maximum absolute atomic E-state index is 13.9. The van der Waals surface area contributed by atoms with E-state index in [9.17, 15) is 14.4 Å². The molecule has 6 heteroatoms. The minimum absolute atomic E-state index is 0.0640. The predicted octanol–water partition coefficient (Wildman–Crippen LogP) is 5.68. The Morgan fingerprint density at radius 1 is 0.944 bits per heavy atom. The first kappa shape index (κ1) is 25.3. The molecule has 1 atom stereocenters. The normalized spacial score (nSPS) is 14.6. The summed E-state index contributed by atoms with van der Waals surface area (Å²) in [5, 5.41) is 3.22. The third kappa shape index (κ3) is 5.88. The fourth-order valence-electron chi connectivity index (χ4n) is 4.73. The summed E-state index contributed by atoms with van der Waals surface area (Å²) >= 11 is 0. The Labute approximate surface area is 212 Å². The van der Waals surface area contributed by atoms with Crippen LogP contribution in [0.1, 0.15) is 84.0 Å². The van der Waals surface area contributed by atoms with Crippen molar-refractivity contribution in [2.75, 3.05) is 4.90 Å². The number of amides is 2. The Morgan fingerprint density at radius 2 is 1.64 bits per heavy atom. The Morgan fingerprint density at radius 3 is 2.22 bits per heavy atom. The van der Waals surface area contributed by atoms with Crippen molar-refractivity contribution in [2.24, 2.45) is 0 Å². The first-order valence-electron chi connectivity index (χ1n) is 12.7. The van der Waals surface area contributed by atoms with Gasteiger partial charge in [0.25, 0.3) is 5.91 Å². The summed E-state index contributed by atoms with van der Waals surface area (Å²) < 4.78 is 0. The van der Waals surface area contributed by atoms with E-state index >= 15 is 0 Å². The number of hydrogen-bond acceptors (Lipinski definition) is 4. The lowest BCUT2D eigenvalue weighted by Gasteiger charge is -2.33. The molecule has 36 heavy (non-hydrogen) atoms. The van der Waals surface area contributed by atoms with E-state index in [1.165, 1.54) is 18.2 Å². The van der Waals surface area contributed by atoms with Crippen molar-refractivity contribution >= 4 is 23.3 Å².